The van der Waals surface area contributed by atoms with Crippen LogP contribution in [0.1, 0.15) is 54.4 Å². The van der Waals surface area contributed by atoms with Gasteiger partial charge in [0.2, 0.25) is 5.78 Å². The molecule has 0 aromatic carbocycles. The van der Waals surface area contributed by atoms with Crippen LogP contribution in [0.25, 0.3) is 0 Å². The first-order valence-corrected chi connectivity index (χ1v) is 10.9. The zero-order chi connectivity index (χ0) is 23.5. The van der Waals surface area contributed by atoms with Gasteiger partial charge in [0, 0.05) is 44.1 Å². The summed E-state index contributed by atoms with van der Waals surface area (Å²) in [6, 6.07) is 0. The van der Waals surface area contributed by atoms with E-state index in [-0.39, 0.29) is 35.2 Å². The second-order valence-corrected chi connectivity index (χ2v) is 10.2. The fourth-order valence-corrected chi connectivity index (χ4v) is 6.06. The molecule has 0 aromatic rings. The van der Waals surface area contributed by atoms with Crippen molar-refractivity contribution in [1.82, 2.24) is 0 Å². The van der Waals surface area contributed by atoms with Crippen LogP contribution in [0.2, 0.25) is 0 Å². The lowest BCUT2D eigenvalue weighted by atomic mass is 9.79. The highest BCUT2D eigenvalue weighted by atomic mass is 16.6. The second kappa shape index (κ2) is 7.85. The Morgan fingerprint density at radius 2 is 1.77 bits per heavy atom. The maximum absolute atomic E-state index is 13.7. The van der Waals surface area contributed by atoms with Crippen molar-refractivity contribution in [2.24, 2.45) is 29.1 Å². The van der Waals surface area contributed by atoms with Crippen LogP contribution in [0, 0.1) is 29.1 Å². The third kappa shape index (κ3) is 3.87. The van der Waals surface area contributed by atoms with Crippen molar-refractivity contribution in [3.8, 4) is 0 Å². The van der Waals surface area contributed by atoms with Crippen LogP contribution in [0.4, 0.5) is 0 Å². The first-order valence-electron chi connectivity index (χ1n) is 10.9. The second-order valence-electron chi connectivity index (χ2n) is 10.2. The van der Waals surface area contributed by atoms with Gasteiger partial charge in [-0.05, 0) is 18.3 Å². The number of hydrogen-bond donors (Lipinski definition) is 2. The monoisotopic (exact) mass is 434 g/mol. The van der Waals surface area contributed by atoms with Crippen LogP contribution in [0.15, 0.2) is 23.8 Å². The quantitative estimate of drug-likeness (QED) is 0.390. The molecule has 3 rings (SSSR count). The minimum Gasteiger partial charge on any atom is -0.462 e. The number of aliphatic hydroxyl groups is 2. The Morgan fingerprint density at radius 3 is 2.32 bits per heavy atom. The van der Waals surface area contributed by atoms with E-state index in [1.54, 1.807) is 13.0 Å². The van der Waals surface area contributed by atoms with E-state index in [0.717, 1.165) is 5.57 Å². The number of rotatable bonds is 2. The van der Waals surface area contributed by atoms with Crippen LogP contribution >= 0.6 is 0 Å². The van der Waals surface area contributed by atoms with E-state index < -0.39 is 47.6 Å². The summed E-state index contributed by atoms with van der Waals surface area (Å²) in [5, 5.41) is 22.0. The SMILES string of the molecule is C=C1C(=O)[C@@]2(OC(C)=O)C[C@@H](C)[C@H](O)[C@@H]2/C=C(\C)C[C@@H](OC(C)=O)[C@H]2[C@@H]([C@H]1O)C2(C)C. The van der Waals surface area contributed by atoms with Crippen molar-refractivity contribution >= 4 is 17.7 Å². The largest absolute Gasteiger partial charge is 0.462 e. The predicted molar refractivity (Wildman–Crippen MR) is 113 cm³/mol. The molecule has 3 aliphatic carbocycles. The number of fused-ring (bicyclic) bond motifs is 2. The van der Waals surface area contributed by atoms with Gasteiger partial charge in [0.25, 0.3) is 0 Å². The topological polar surface area (TPSA) is 110 Å². The molecule has 0 aromatic heterocycles. The van der Waals surface area contributed by atoms with Crippen molar-refractivity contribution in [3.63, 3.8) is 0 Å². The molecule has 2 saturated carbocycles. The lowest BCUT2D eigenvalue weighted by molar-refractivity contribution is -0.168. The highest BCUT2D eigenvalue weighted by molar-refractivity contribution is 6.04. The summed E-state index contributed by atoms with van der Waals surface area (Å²) in [4.78, 5) is 37.5. The van der Waals surface area contributed by atoms with Crippen LogP contribution in [-0.4, -0.2) is 51.8 Å². The Balaban J connectivity index is 2.15. The summed E-state index contributed by atoms with van der Waals surface area (Å²) < 4.78 is 11.3. The minimum absolute atomic E-state index is 0.0392. The molecule has 3 aliphatic rings. The van der Waals surface area contributed by atoms with Gasteiger partial charge in [-0.3, -0.25) is 14.4 Å². The Bertz CT molecular complexity index is 841. The van der Waals surface area contributed by atoms with Gasteiger partial charge < -0.3 is 19.7 Å². The number of esters is 2. The molecule has 0 spiro atoms. The lowest BCUT2D eigenvalue weighted by Gasteiger charge is -2.34. The molecule has 0 bridgehead atoms. The van der Waals surface area contributed by atoms with Gasteiger partial charge in [0.15, 0.2) is 5.60 Å². The number of ketones is 1. The molecule has 8 atom stereocenters. The van der Waals surface area contributed by atoms with Gasteiger partial charge in [-0.25, -0.2) is 0 Å². The van der Waals surface area contributed by atoms with Gasteiger partial charge in [-0.1, -0.05) is 39.0 Å². The van der Waals surface area contributed by atoms with E-state index in [2.05, 4.69) is 6.58 Å². The van der Waals surface area contributed by atoms with E-state index >= 15 is 0 Å². The van der Waals surface area contributed by atoms with Crippen molar-refractivity contribution < 1.29 is 34.1 Å². The molecule has 2 N–H and O–H groups in total. The van der Waals surface area contributed by atoms with E-state index in [9.17, 15) is 24.6 Å². The molecular formula is C24H34O7. The van der Waals surface area contributed by atoms with Crippen molar-refractivity contribution in [2.45, 2.75) is 78.3 Å². The van der Waals surface area contributed by atoms with Crippen LogP contribution in [-0.2, 0) is 23.9 Å². The number of aliphatic hydroxyl groups excluding tert-OH is 2. The molecule has 0 heterocycles. The minimum atomic E-state index is -1.63. The van der Waals surface area contributed by atoms with E-state index in [0.29, 0.717) is 6.42 Å². The van der Waals surface area contributed by atoms with E-state index in [4.69, 9.17) is 9.47 Å². The highest BCUT2D eigenvalue weighted by Gasteiger charge is 2.67. The molecule has 0 aliphatic heterocycles. The van der Waals surface area contributed by atoms with Crippen molar-refractivity contribution in [3.05, 3.63) is 23.8 Å². The van der Waals surface area contributed by atoms with Crippen LogP contribution in [0.3, 0.4) is 0 Å². The summed E-state index contributed by atoms with van der Waals surface area (Å²) in [5.41, 5.74) is -1.22. The molecule has 7 heteroatoms. The molecular weight excluding hydrogens is 400 g/mol. The zero-order valence-electron chi connectivity index (χ0n) is 19.2. The van der Waals surface area contributed by atoms with E-state index in [1.165, 1.54) is 13.8 Å². The number of carbonyl (C=O) groups is 3. The Morgan fingerprint density at radius 1 is 1.16 bits per heavy atom. The molecule has 0 unspecified atom stereocenters. The predicted octanol–water partition coefficient (Wildman–Crippen LogP) is 2.35. The van der Waals surface area contributed by atoms with Crippen molar-refractivity contribution in [2.75, 3.05) is 0 Å². The average molecular weight is 435 g/mol. The fourth-order valence-electron chi connectivity index (χ4n) is 6.06. The summed E-state index contributed by atoms with van der Waals surface area (Å²) in [6.45, 7) is 14.1. The molecule has 0 saturated heterocycles. The van der Waals surface area contributed by atoms with Crippen molar-refractivity contribution in [1.29, 1.82) is 0 Å². The number of hydrogen-bond acceptors (Lipinski definition) is 7. The summed E-state index contributed by atoms with van der Waals surface area (Å²) >= 11 is 0. The first-order chi connectivity index (χ1) is 14.2. The number of carbonyl (C=O) groups excluding carboxylic acids is 3. The van der Waals surface area contributed by atoms with Gasteiger partial charge in [-0.15, -0.1) is 0 Å². The molecule has 2 fully saturated rings. The number of Topliss-reactive ketones (excluding diaryl/α,β-unsaturated/α-hetero) is 1. The average Bonchev–Trinajstić information content (AvgIpc) is 3.14. The summed E-state index contributed by atoms with van der Waals surface area (Å²) in [7, 11) is 0. The fraction of sp³-hybridized carbons (Fsp3) is 0.708. The van der Waals surface area contributed by atoms with Gasteiger partial charge >= 0.3 is 11.9 Å². The van der Waals surface area contributed by atoms with Gasteiger partial charge in [-0.2, -0.15) is 0 Å². The van der Waals surface area contributed by atoms with Gasteiger partial charge in [0.1, 0.15) is 6.10 Å². The van der Waals surface area contributed by atoms with E-state index in [1.807, 2.05) is 20.8 Å². The molecule has 0 amide bonds. The highest BCUT2D eigenvalue weighted by Crippen LogP contribution is 2.64. The van der Waals surface area contributed by atoms with Crippen LogP contribution < -0.4 is 0 Å². The zero-order valence-corrected chi connectivity index (χ0v) is 19.2. The Labute approximate surface area is 183 Å². The molecule has 31 heavy (non-hydrogen) atoms. The molecule has 0 radical (unpaired) electrons. The summed E-state index contributed by atoms with van der Waals surface area (Å²) in [5.74, 6) is -3.20. The third-order valence-corrected chi connectivity index (χ3v) is 7.51. The third-order valence-electron chi connectivity index (χ3n) is 7.51. The Kier molecular flexibility index (Phi) is 6.00. The number of ether oxygens (including phenoxy) is 2. The molecule has 172 valence electrons. The maximum atomic E-state index is 13.7. The first kappa shape index (κ1) is 23.7. The standard InChI is InChI=1S/C24H34O7/c1-11-8-16-20(27)12(2)10-24(16,31-15(5)26)22(29)13(3)21(28)19-18(23(19,6)7)17(9-11)30-14(4)25/h8,12,16-21,27-28H,3,9-10H2,1-2,4-7H3/b11-8+/t12-,16+,17-,18+,19+,20+,21+,24-/m1/s1. The van der Waals surface area contributed by atoms with Crippen LogP contribution in [0.5, 0.6) is 0 Å². The smallest absolute Gasteiger partial charge is 0.303 e. The summed E-state index contributed by atoms with van der Waals surface area (Å²) in [6.07, 6.45) is -0.278. The maximum Gasteiger partial charge on any atom is 0.303 e. The normalized spacial score (nSPS) is 43.6. The Hall–Kier alpha value is -1.99. The lowest BCUT2D eigenvalue weighted by Crippen LogP contribution is -2.49. The molecule has 7 nitrogen and oxygen atoms in total. The van der Waals surface area contributed by atoms with Gasteiger partial charge in [0.05, 0.1) is 18.1 Å².